The molecule has 0 aliphatic carbocycles. The average Bonchev–Trinajstić information content (AvgIpc) is 2.73. The summed E-state index contributed by atoms with van der Waals surface area (Å²) < 4.78 is 10.5. The molecule has 152 valence electrons. The van der Waals surface area contributed by atoms with Crippen molar-refractivity contribution >= 4 is 35.1 Å². The van der Waals surface area contributed by atoms with Gasteiger partial charge in [0, 0.05) is 31.3 Å². The third kappa shape index (κ3) is 3.92. The quantitative estimate of drug-likeness (QED) is 0.694. The van der Waals surface area contributed by atoms with Gasteiger partial charge in [-0.3, -0.25) is 9.59 Å². The number of nitrogens with zero attached hydrogens (tertiary/aromatic N) is 3. The number of rotatable bonds is 4. The Balaban J connectivity index is 1.62. The van der Waals surface area contributed by atoms with Crippen molar-refractivity contribution in [1.82, 2.24) is 9.97 Å². The summed E-state index contributed by atoms with van der Waals surface area (Å²) in [5.41, 5.74) is 7.19. The highest BCUT2D eigenvalue weighted by atomic mass is 16.5. The maximum Gasteiger partial charge on any atom is 0.232 e. The van der Waals surface area contributed by atoms with Gasteiger partial charge in [0.2, 0.25) is 17.8 Å². The molecule has 1 fully saturated rings. The zero-order valence-electron chi connectivity index (χ0n) is 16.0. The first-order valence-corrected chi connectivity index (χ1v) is 9.30. The number of nitrogens with one attached hydrogen (secondary N) is 2. The first-order valence-electron chi connectivity index (χ1n) is 9.30. The first-order chi connectivity index (χ1) is 14.0. The van der Waals surface area contributed by atoms with Gasteiger partial charge in [-0.15, -0.1) is 0 Å². The van der Waals surface area contributed by atoms with Gasteiger partial charge in [-0.2, -0.15) is 9.97 Å². The Labute approximate surface area is 167 Å². The predicted molar refractivity (Wildman–Crippen MR) is 107 cm³/mol. The highest BCUT2D eigenvalue weighted by Crippen LogP contribution is 2.36. The molecular weight excluding hydrogens is 376 g/mol. The van der Waals surface area contributed by atoms with E-state index in [1.165, 1.54) is 0 Å². The van der Waals surface area contributed by atoms with Gasteiger partial charge in [-0.05, 0) is 12.1 Å². The van der Waals surface area contributed by atoms with Crippen LogP contribution in [0.15, 0.2) is 24.3 Å². The Morgan fingerprint density at radius 3 is 2.90 bits per heavy atom. The van der Waals surface area contributed by atoms with Crippen LogP contribution in [0.5, 0.6) is 5.75 Å². The van der Waals surface area contributed by atoms with Crippen LogP contribution in [-0.4, -0.2) is 55.2 Å². The number of amides is 2. The third-order valence-electron chi connectivity index (χ3n) is 4.91. The number of methoxy groups -OCH3 is 1. The van der Waals surface area contributed by atoms with Crippen LogP contribution in [0, 0.1) is 0 Å². The summed E-state index contributed by atoms with van der Waals surface area (Å²) in [5, 5.41) is 5.54. The normalized spacial score (nSPS) is 18.6. The van der Waals surface area contributed by atoms with E-state index >= 15 is 0 Å². The summed E-state index contributed by atoms with van der Waals surface area (Å²) in [4.78, 5) is 36.0. The monoisotopic (exact) mass is 398 g/mol. The fourth-order valence-electron chi connectivity index (χ4n) is 3.44. The molecule has 2 amide bonds. The van der Waals surface area contributed by atoms with E-state index in [-0.39, 0.29) is 29.9 Å². The molecule has 0 bridgehead atoms. The van der Waals surface area contributed by atoms with E-state index in [0.29, 0.717) is 49.3 Å². The van der Waals surface area contributed by atoms with Gasteiger partial charge in [0.25, 0.3) is 0 Å². The zero-order chi connectivity index (χ0) is 20.4. The van der Waals surface area contributed by atoms with E-state index in [4.69, 9.17) is 15.2 Å². The van der Waals surface area contributed by atoms with E-state index in [1.807, 2.05) is 4.90 Å². The number of ether oxygens (including phenoxy) is 2. The molecule has 1 aromatic heterocycles. The van der Waals surface area contributed by atoms with Crippen LogP contribution in [0.3, 0.4) is 0 Å². The lowest BCUT2D eigenvalue weighted by Gasteiger charge is -2.30. The van der Waals surface area contributed by atoms with Gasteiger partial charge < -0.3 is 30.7 Å². The lowest BCUT2D eigenvalue weighted by Crippen LogP contribution is -2.38. The zero-order valence-corrected chi connectivity index (χ0v) is 16.0. The number of anilines is 4. The second kappa shape index (κ2) is 7.92. The predicted octanol–water partition coefficient (Wildman–Crippen LogP) is 0.968. The molecule has 2 aliphatic rings. The number of carbonyl (C=O) groups is 2. The molecule has 0 saturated carbocycles. The summed E-state index contributed by atoms with van der Waals surface area (Å²) in [6.07, 6.45) is -0.0345. The van der Waals surface area contributed by atoms with Crippen molar-refractivity contribution in [3.05, 3.63) is 29.8 Å². The van der Waals surface area contributed by atoms with Crippen LogP contribution < -0.4 is 26.0 Å². The summed E-state index contributed by atoms with van der Waals surface area (Å²) in [6.45, 7) is 2.40. The Morgan fingerprint density at radius 2 is 2.14 bits per heavy atom. The number of aromatic nitrogens is 2. The summed E-state index contributed by atoms with van der Waals surface area (Å²) in [6, 6.07) is 6.98. The molecule has 10 nitrogen and oxygen atoms in total. The maximum absolute atomic E-state index is 12.9. The molecule has 4 N–H and O–H groups in total. The molecule has 3 heterocycles. The fraction of sp³-hybridized carbons (Fsp3) is 0.368. The Morgan fingerprint density at radius 1 is 1.34 bits per heavy atom. The highest BCUT2D eigenvalue weighted by molar-refractivity contribution is 6.05. The van der Waals surface area contributed by atoms with E-state index in [1.54, 1.807) is 31.4 Å². The molecule has 1 atom stereocenters. The summed E-state index contributed by atoms with van der Waals surface area (Å²) in [7, 11) is 1.55. The Bertz CT molecular complexity index is 944. The molecule has 2 aromatic rings. The Kier molecular flexibility index (Phi) is 5.17. The van der Waals surface area contributed by atoms with Gasteiger partial charge in [-0.25, -0.2) is 0 Å². The van der Waals surface area contributed by atoms with Crippen molar-refractivity contribution in [2.24, 2.45) is 0 Å². The molecule has 1 aromatic carbocycles. The molecule has 10 heteroatoms. The number of nitrogen functional groups attached to an aromatic ring is 1. The van der Waals surface area contributed by atoms with Crippen LogP contribution in [-0.2, 0) is 14.3 Å². The minimum atomic E-state index is -0.788. The second-order valence-corrected chi connectivity index (χ2v) is 6.80. The minimum Gasteiger partial charge on any atom is -0.497 e. The molecule has 0 radical (unpaired) electrons. The summed E-state index contributed by atoms with van der Waals surface area (Å²) >= 11 is 0. The smallest absolute Gasteiger partial charge is 0.232 e. The third-order valence-corrected chi connectivity index (χ3v) is 4.91. The minimum absolute atomic E-state index is 0.0345. The number of fused-ring (bicyclic) bond motifs is 1. The van der Waals surface area contributed by atoms with E-state index < -0.39 is 5.92 Å². The fourth-order valence-corrected chi connectivity index (χ4v) is 3.44. The van der Waals surface area contributed by atoms with Gasteiger partial charge >= 0.3 is 0 Å². The van der Waals surface area contributed by atoms with Crippen molar-refractivity contribution in [1.29, 1.82) is 0 Å². The van der Waals surface area contributed by atoms with E-state index in [0.717, 1.165) is 0 Å². The van der Waals surface area contributed by atoms with Crippen LogP contribution in [0.25, 0.3) is 0 Å². The number of nitrogens with two attached hydrogens (primary N) is 1. The SMILES string of the molecule is COc1cccc(NC(=O)[C@H]2CC(=O)Nc3nc(N4CCOCC4)nc(N)c32)c1. The topological polar surface area (TPSA) is 132 Å². The number of morpholine rings is 1. The van der Waals surface area contributed by atoms with Crippen LogP contribution in [0.4, 0.5) is 23.3 Å². The van der Waals surface area contributed by atoms with Crippen molar-refractivity contribution < 1.29 is 19.1 Å². The van der Waals surface area contributed by atoms with Crippen LogP contribution in [0.1, 0.15) is 17.9 Å². The molecule has 1 saturated heterocycles. The highest BCUT2D eigenvalue weighted by Gasteiger charge is 2.35. The standard InChI is InChI=1S/C19H22N6O4/c1-28-12-4-2-3-11(9-12)21-18(27)13-10-14(26)22-17-15(13)16(20)23-19(24-17)25-5-7-29-8-6-25/h2-4,9,13H,5-8,10H2,1H3,(H,21,27)(H3,20,22,23,24,26)/t13-/m0/s1. The maximum atomic E-state index is 12.9. The second-order valence-electron chi connectivity index (χ2n) is 6.80. The van der Waals surface area contributed by atoms with Gasteiger partial charge in [-0.1, -0.05) is 6.07 Å². The van der Waals surface area contributed by atoms with E-state index in [2.05, 4.69) is 20.6 Å². The molecular formula is C19H22N6O4. The lowest BCUT2D eigenvalue weighted by atomic mass is 9.92. The number of carbonyl (C=O) groups excluding carboxylic acids is 2. The van der Waals surface area contributed by atoms with Crippen molar-refractivity contribution in [3.63, 3.8) is 0 Å². The lowest BCUT2D eigenvalue weighted by molar-refractivity contribution is -0.123. The number of hydrogen-bond donors (Lipinski definition) is 3. The Hall–Kier alpha value is -3.40. The number of hydrogen-bond acceptors (Lipinski definition) is 8. The van der Waals surface area contributed by atoms with Crippen LogP contribution in [0.2, 0.25) is 0 Å². The van der Waals surface area contributed by atoms with Crippen molar-refractivity contribution in [2.45, 2.75) is 12.3 Å². The molecule has 29 heavy (non-hydrogen) atoms. The van der Waals surface area contributed by atoms with Gasteiger partial charge in [0.05, 0.1) is 31.8 Å². The molecule has 0 spiro atoms. The van der Waals surface area contributed by atoms with Crippen molar-refractivity contribution in [2.75, 3.05) is 54.7 Å². The average molecular weight is 398 g/mol. The van der Waals surface area contributed by atoms with E-state index in [9.17, 15) is 9.59 Å². The molecule has 2 aliphatic heterocycles. The van der Waals surface area contributed by atoms with Crippen LogP contribution >= 0.6 is 0 Å². The molecule has 4 rings (SSSR count). The molecule has 0 unspecified atom stereocenters. The summed E-state index contributed by atoms with van der Waals surface area (Å²) in [5.74, 6) is 0.0476. The number of benzene rings is 1. The van der Waals surface area contributed by atoms with Gasteiger partial charge in [0.1, 0.15) is 17.4 Å². The van der Waals surface area contributed by atoms with Crippen molar-refractivity contribution in [3.8, 4) is 5.75 Å². The largest absolute Gasteiger partial charge is 0.497 e. The first kappa shape index (κ1) is 18.9. The van der Waals surface area contributed by atoms with Gasteiger partial charge in [0.15, 0.2) is 0 Å².